The molecule has 1 aromatic carbocycles. The molecule has 114 valence electrons. The fraction of sp³-hybridized carbons (Fsp3) is 0.500. The smallest absolute Gasteiger partial charge is 0.335 e. The summed E-state index contributed by atoms with van der Waals surface area (Å²) in [5.74, 6) is -1.10. The largest absolute Gasteiger partial charge is 0.478 e. The van der Waals surface area contributed by atoms with Gasteiger partial charge in [-0.2, -0.15) is 0 Å². The van der Waals surface area contributed by atoms with Gasteiger partial charge in [-0.3, -0.25) is 4.79 Å². The second-order valence-corrected chi connectivity index (χ2v) is 5.91. The third kappa shape index (κ3) is 3.61. The number of ether oxygens (including phenoxy) is 1. The summed E-state index contributed by atoms with van der Waals surface area (Å²) < 4.78 is 5.71. The summed E-state index contributed by atoms with van der Waals surface area (Å²) in [4.78, 5) is 23.2. The van der Waals surface area contributed by atoms with Crippen LogP contribution < -0.4 is 5.32 Å². The average molecular weight is 291 g/mol. The van der Waals surface area contributed by atoms with Gasteiger partial charge in [-0.1, -0.05) is 0 Å². The van der Waals surface area contributed by atoms with E-state index >= 15 is 0 Å². The summed E-state index contributed by atoms with van der Waals surface area (Å²) in [7, 11) is 0. The van der Waals surface area contributed by atoms with Crippen molar-refractivity contribution in [2.24, 2.45) is 5.41 Å². The zero-order valence-electron chi connectivity index (χ0n) is 12.4. The molecule has 5 heteroatoms. The maximum atomic E-state index is 12.4. The van der Waals surface area contributed by atoms with Crippen molar-refractivity contribution in [1.82, 2.24) is 0 Å². The van der Waals surface area contributed by atoms with Crippen LogP contribution >= 0.6 is 0 Å². The molecule has 0 aliphatic carbocycles. The monoisotopic (exact) mass is 291 g/mol. The number of carboxylic acid groups (broad SMARTS) is 1. The molecule has 1 aromatic rings. The Morgan fingerprint density at radius 1 is 1.24 bits per heavy atom. The summed E-state index contributed by atoms with van der Waals surface area (Å²) in [5, 5.41) is 11.7. The van der Waals surface area contributed by atoms with Crippen LogP contribution in [0, 0.1) is 5.41 Å². The molecule has 0 bridgehead atoms. The van der Waals surface area contributed by atoms with Crippen LogP contribution in [0.3, 0.4) is 0 Å². The first-order valence-corrected chi connectivity index (χ1v) is 7.17. The third-order valence-electron chi connectivity index (χ3n) is 3.96. The van der Waals surface area contributed by atoms with Crippen molar-refractivity contribution in [2.45, 2.75) is 39.2 Å². The standard InChI is InChI=1S/C16H21NO4/c1-16(2,13-5-3-4-10-21-13)15(20)17-12-8-6-11(7-9-12)14(18)19/h6-9,13H,3-5,10H2,1-2H3,(H,17,20)(H,18,19). The van der Waals surface area contributed by atoms with Crippen LogP contribution in [0.5, 0.6) is 0 Å². The quantitative estimate of drug-likeness (QED) is 0.894. The van der Waals surface area contributed by atoms with E-state index in [0.717, 1.165) is 19.3 Å². The van der Waals surface area contributed by atoms with Crippen molar-refractivity contribution < 1.29 is 19.4 Å². The summed E-state index contributed by atoms with van der Waals surface area (Å²) in [6.07, 6.45) is 2.93. The molecule has 5 nitrogen and oxygen atoms in total. The van der Waals surface area contributed by atoms with E-state index in [1.165, 1.54) is 12.1 Å². The zero-order chi connectivity index (χ0) is 15.5. The van der Waals surface area contributed by atoms with E-state index < -0.39 is 11.4 Å². The molecule has 21 heavy (non-hydrogen) atoms. The van der Waals surface area contributed by atoms with Crippen LogP contribution in [0.25, 0.3) is 0 Å². The molecule has 1 saturated heterocycles. The Morgan fingerprint density at radius 2 is 1.90 bits per heavy atom. The first kappa shape index (κ1) is 15.5. The van der Waals surface area contributed by atoms with E-state index in [1.54, 1.807) is 12.1 Å². The highest BCUT2D eigenvalue weighted by molar-refractivity contribution is 5.96. The molecule has 1 aliphatic heterocycles. The number of aromatic carboxylic acids is 1. The molecular formula is C16H21NO4. The molecule has 0 aromatic heterocycles. The van der Waals surface area contributed by atoms with Crippen LogP contribution in [0.4, 0.5) is 5.69 Å². The minimum atomic E-state index is -0.983. The summed E-state index contributed by atoms with van der Waals surface area (Å²) in [6, 6.07) is 6.14. The van der Waals surface area contributed by atoms with Crippen molar-refractivity contribution in [3.05, 3.63) is 29.8 Å². The zero-order valence-corrected chi connectivity index (χ0v) is 12.4. The van der Waals surface area contributed by atoms with Crippen LogP contribution in [0.1, 0.15) is 43.5 Å². The Balaban J connectivity index is 2.03. The lowest BCUT2D eigenvalue weighted by molar-refractivity contribution is -0.135. The van der Waals surface area contributed by atoms with E-state index in [-0.39, 0.29) is 17.6 Å². The van der Waals surface area contributed by atoms with Crippen molar-refractivity contribution >= 4 is 17.6 Å². The van der Waals surface area contributed by atoms with E-state index in [4.69, 9.17) is 9.84 Å². The van der Waals surface area contributed by atoms with Gasteiger partial charge in [0.05, 0.1) is 17.1 Å². The second kappa shape index (κ2) is 6.26. The van der Waals surface area contributed by atoms with Gasteiger partial charge in [0.15, 0.2) is 0 Å². The maximum absolute atomic E-state index is 12.4. The average Bonchev–Trinajstić information content (AvgIpc) is 2.48. The van der Waals surface area contributed by atoms with Crippen molar-refractivity contribution in [2.75, 3.05) is 11.9 Å². The third-order valence-corrected chi connectivity index (χ3v) is 3.96. The van der Waals surface area contributed by atoms with Crippen LogP contribution in [0.2, 0.25) is 0 Å². The van der Waals surface area contributed by atoms with Gasteiger partial charge in [0.1, 0.15) is 0 Å². The first-order chi connectivity index (χ1) is 9.91. The minimum absolute atomic E-state index is 0.0791. The van der Waals surface area contributed by atoms with E-state index in [2.05, 4.69) is 5.32 Å². The predicted molar refractivity (Wildman–Crippen MR) is 79.4 cm³/mol. The van der Waals surface area contributed by atoms with Gasteiger partial charge < -0.3 is 15.2 Å². The molecule has 0 radical (unpaired) electrons. The van der Waals surface area contributed by atoms with Crippen LogP contribution in [-0.4, -0.2) is 29.7 Å². The normalized spacial score (nSPS) is 19.0. The van der Waals surface area contributed by atoms with Gasteiger partial charge >= 0.3 is 5.97 Å². The molecule has 2 rings (SSSR count). The summed E-state index contributed by atoms with van der Waals surface area (Å²) in [5.41, 5.74) is 0.170. The molecule has 1 fully saturated rings. The number of amides is 1. The number of carboxylic acids is 1. The fourth-order valence-corrected chi connectivity index (χ4v) is 2.44. The van der Waals surface area contributed by atoms with Crippen molar-refractivity contribution in [3.63, 3.8) is 0 Å². The number of hydrogen-bond donors (Lipinski definition) is 2. The van der Waals surface area contributed by atoms with Gasteiger partial charge in [0.25, 0.3) is 0 Å². The number of rotatable bonds is 4. The molecule has 1 aliphatic rings. The Morgan fingerprint density at radius 3 is 2.43 bits per heavy atom. The number of carbonyl (C=O) groups excluding carboxylic acids is 1. The lowest BCUT2D eigenvalue weighted by Crippen LogP contribution is -2.44. The number of hydrogen-bond acceptors (Lipinski definition) is 3. The molecule has 1 amide bonds. The SMILES string of the molecule is CC(C)(C(=O)Nc1ccc(C(=O)O)cc1)C1CCCCO1. The Kier molecular flexibility index (Phi) is 4.63. The van der Waals surface area contributed by atoms with Gasteiger partial charge in [-0.15, -0.1) is 0 Å². The topological polar surface area (TPSA) is 75.6 Å². The molecule has 1 heterocycles. The minimum Gasteiger partial charge on any atom is -0.478 e. The number of nitrogens with one attached hydrogen (secondary N) is 1. The number of anilines is 1. The van der Waals surface area contributed by atoms with Crippen LogP contribution in [-0.2, 0) is 9.53 Å². The summed E-state index contributed by atoms with van der Waals surface area (Å²) >= 11 is 0. The Hall–Kier alpha value is -1.88. The highest BCUT2D eigenvalue weighted by Crippen LogP contribution is 2.31. The van der Waals surface area contributed by atoms with E-state index in [9.17, 15) is 9.59 Å². The lowest BCUT2D eigenvalue weighted by Gasteiger charge is -2.35. The Labute approximate surface area is 124 Å². The van der Waals surface area contributed by atoms with Gasteiger partial charge in [-0.05, 0) is 57.4 Å². The van der Waals surface area contributed by atoms with E-state index in [0.29, 0.717) is 12.3 Å². The van der Waals surface area contributed by atoms with Gasteiger partial charge in [0.2, 0.25) is 5.91 Å². The Bertz CT molecular complexity index is 516. The van der Waals surface area contributed by atoms with Gasteiger partial charge in [-0.25, -0.2) is 4.79 Å². The lowest BCUT2D eigenvalue weighted by atomic mass is 9.81. The number of carbonyl (C=O) groups is 2. The highest BCUT2D eigenvalue weighted by Gasteiger charge is 2.38. The van der Waals surface area contributed by atoms with Crippen molar-refractivity contribution in [1.29, 1.82) is 0 Å². The van der Waals surface area contributed by atoms with Gasteiger partial charge in [0, 0.05) is 12.3 Å². The molecule has 0 saturated carbocycles. The maximum Gasteiger partial charge on any atom is 0.335 e. The fourth-order valence-electron chi connectivity index (χ4n) is 2.44. The number of benzene rings is 1. The predicted octanol–water partition coefficient (Wildman–Crippen LogP) is 2.92. The summed E-state index contributed by atoms with van der Waals surface area (Å²) in [6.45, 7) is 4.46. The van der Waals surface area contributed by atoms with E-state index in [1.807, 2.05) is 13.8 Å². The highest BCUT2D eigenvalue weighted by atomic mass is 16.5. The molecule has 1 unspecified atom stereocenters. The van der Waals surface area contributed by atoms with Crippen LogP contribution in [0.15, 0.2) is 24.3 Å². The first-order valence-electron chi connectivity index (χ1n) is 7.17. The molecular weight excluding hydrogens is 270 g/mol. The second-order valence-electron chi connectivity index (χ2n) is 5.91. The molecule has 1 atom stereocenters. The molecule has 0 spiro atoms. The molecule has 2 N–H and O–H groups in total. The van der Waals surface area contributed by atoms with Crippen molar-refractivity contribution in [3.8, 4) is 0 Å².